The van der Waals surface area contributed by atoms with E-state index in [2.05, 4.69) is 20.6 Å². The number of anilines is 1. The van der Waals surface area contributed by atoms with Crippen molar-refractivity contribution >= 4 is 50.7 Å². The summed E-state index contributed by atoms with van der Waals surface area (Å²) in [6, 6.07) is 18.5. The summed E-state index contributed by atoms with van der Waals surface area (Å²) >= 11 is 5.24. The van der Waals surface area contributed by atoms with Gasteiger partial charge in [0.1, 0.15) is 0 Å². The predicted octanol–water partition coefficient (Wildman–Crippen LogP) is 3.14. The third kappa shape index (κ3) is 3.07. The summed E-state index contributed by atoms with van der Waals surface area (Å²) < 4.78 is 0. The Balaban J connectivity index is 1.53. The van der Waals surface area contributed by atoms with Gasteiger partial charge in [0.15, 0.2) is 5.11 Å². The molecule has 0 radical (unpaired) electrons. The van der Waals surface area contributed by atoms with E-state index in [1.165, 1.54) is 0 Å². The lowest BCUT2D eigenvalue weighted by molar-refractivity contribution is 0.0979. The fourth-order valence-corrected chi connectivity index (χ4v) is 3.08. The van der Waals surface area contributed by atoms with Crippen LogP contribution in [-0.2, 0) is 0 Å². The molecule has 6 nitrogen and oxygen atoms in total. The van der Waals surface area contributed by atoms with E-state index in [1.54, 1.807) is 24.3 Å². The molecule has 0 aliphatic heterocycles. The highest BCUT2D eigenvalue weighted by Gasteiger charge is 2.11. The molecule has 4 aromatic rings. The second kappa shape index (κ2) is 6.45. The van der Waals surface area contributed by atoms with Crippen LogP contribution in [0.25, 0.3) is 21.8 Å². The van der Waals surface area contributed by atoms with E-state index < -0.39 is 0 Å². The van der Waals surface area contributed by atoms with Crippen LogP contribution in [0.2, 0.25) is 0 Å². The van der Waals surface area contributed by atoms with E-state index in [9.17, 15) is 9.59 Å². The smallest absolute Gasteiger partial charge is 0.323 e. The fraction of sp³-hybridized carbons (Fsp3) is 0. The van der Waals surface area contributed by atoms with E-state index in [-0.39, 0.29) is 16.7 Å². The highest BCUT2D eigenvalue weighted by atomic mass is 32.1. The molecule has 0 atom stereocenters. The molecule has 128 valence electrons. The number of fused-ring (bicyclic) bond motifs is 2. The van der Waals surface area contributed by atoms with Gasteiger partial charge in [-0.1, -0.05) is 36.4 Å². The molecule has 3 aromatic carbocycles. The molecule has 26 heavy (non-hydrogen) atoms. The standard InChI is InChI=1S/C19H14N4O2S/c24-17(14-7-3-5-11-4-1-2-6-13(11)14)23-19(26)20-12-8-9-15-16(10-12)22-18(25)21-15/h1-10H,(H2,21,22,25)(H2,20,23,24,26). The largest absolute Gasteiger partial charge is 0.332 e. The van der Waals surface area contributed by atoms with E-state index >= 15 is 0 Å². The number of aromatic nitrogens is 2. The van der Waals surface area contributed by atoms with Crippen LogP contribution in [0, 0.1) is 0 Å². The number of H-pyrrole nitrogens is 2. The molecule has 0 aliphatic rings. The van der Waals surface area contributed by atoms with E-state index in [4.69, 9.17) is 12.2 Å². The summed E-state index contributed by atoms with van der Waals surface area (Å²) in [7, 11) is 0. The third-order valence-corrected chi connectivity index (χ3v) is 4.24. The summed E-state index contributed by atoms with van der Waals surface area (Å²) in [6.07, 6.45) is 0. The Morgan fingerprint density at radius 1 is 0.923 bits per heavy atom. The maximum absolute atomic E-state index is 12.6. The number of benzene rings is 3. The molecule has 1 aromatic heterocycles. The van der Waals surface area contributed by atoms with Gasteiger partial charge in [-0.15, -0.1) is 0 Å². The van der Waals surface area contributed by atoms with Gasteiger partial charge in [-0.05, 0) is 47.3 Å². The molecule has 0 unspecified atom stereocenters. The average Bonchev–Trinajstić information content (AvgIpc) is 3.00. The van der Waals surface area contributed by atoms with E-state index in [0.717, 1.165) is 10.8 Å². The number of carbonyl (C=O) groups is 1. The number of nitrogens with one attached hydrogen (secondary N) is 4. The molecule has 1 heterocycles. The summed E-state index contributed by atoms with van der Waals surface area (Å²) in [6.45, 7) is 0. The Hall–Kier alpha value is -3.45. The van der Waals surface area contributed by atoms with Crippen LogP contribution in [0.1, 0.15) is 10.4 Å². The van der Waals surface area contributed by atoms with Crippen LogP contribution in [0.5, 0.6) is 0 Å². The zero-order valence-corrected chi connectivity index (χ0v) is 14.3. The number of hydrogen-bond acceptors (Lipinski definition) is 3. The van der Waals surface area contributed by atoms with Crippen molar-refractivity contribution in [3.8, 4) is 0 Å². The lowest BCUT2D eigenvalue weighted by Gasteiger charge is -2.11. The summed E-state index contributed by atoms with van der Waals surface area (Å²) in [5, 5.41) is 7.68. The monoisotopic (exact) mass is 362 g/mol. The number of aromatic amines is 2. The van der Waals surface area contributed by atoms with Crippen LogP contribution in [0.3, 0.4) is 0 Å². The van der Waals surface area contributed by atoms with Crippen molar-refractivity contribution in [3.63, 3.8) is 0 Å². The lowest BCUT2D eigenvalue weighted by Crippen LogP contribution is -2.34. The minimum absolute atomic E-state index is 0.181. The number of rotatable bonds is 2. The third-order valence-electron chi connectivity index (χ3n) is 4.04. The van der Waals surface area contributed by atoms with Crippen LogP contribution >= 0.6 is 12.2 Å². The highest BCUT2D eigenvalue weighted by Crippen LogP contribution is 2.18. The summed E-state index contributed by atoms with van der Waals surface area (Å²) in [4.78, 5) is 29.2. The molecule has 0 saturated heterocycles. The molecule has 4 N–H and O–H groups in total. The molecule has 0 saturated carbocycles. The lowest BCUT2D eigenvalue weighted by atomic mass is 10.0. The Labute approximate surface area is 153 Å². The van der Waals surface area contributed by atoms with Gasteiger partial charge in [0.25, 0.3) is 5.91 Å². The molecular weight excluding hydrogens is 348 g/mol. The van der Waals surface area contributed by atoms with Crippen molar-refractivity contribution in [1.29, 1.82) is 0 Å². The zero-order chi connectivity index (χ0) is 18.1. The Morgan fingerprint density at radius 2 is 1.69 bits per heavy atom. The maximum Gasteiger partial charge on any atom is 0.323 e. The van der Waals surface area contributed by atoms with Crippen molar-refractivity contribution in [1.82, 2.24) is 15.3 Å². The fourth-order valence-electron chi connectivity index (χ4n) is 2.87. The first-order valence-electron chi connectivity index (χ1n) is 7.92. The Bertz CT molecular complexity index is 1200. The second-order valence-electron chi connectivity index (χ2n) is 5.77. The zero-order valence-electron chi connectivity index (χ0n) is 13.5. The van der Waals surface area contributed by atoms with Crippen molar-refractivity contribution in [2.24, 2.45) is 0 Å². The molecule has 0 spiro atoms. The summed E-state index contributed by atoms with van der Waals surface area (Å²) in [5.74, 6) is -0.282. The Kier molecular flexibility index (Phi) is 3.98. The number of carbonyl (C=O) groups excluding carboxylic acids is 1. The minimum atomic E-state index is -0.282. The van der Waals surface area contributed by atoms with Gasteiger partial charge >= 0.3 is 5.69 Å². The van der Waals surface area contributed by atoms with Crippen molar-refractivity contribution < 1.29 is 4.79 Å². The van der Waals surface area contributed by atoms with Crippen LogP contribution in [-0.4, -0.2) is 21.0 Å². The van der Waals surface area contributed by atoms with Gasteiger partial charge in [-0.25, -0.2) is 4.79 Å². The first kappa shape index (κ1) is 16.0. The van der Waals surface area contributed by atoms with Crippen molar-refractivity contribution in [2.45, 2.75) is 0 Å². The normalized spacial score (nSPS) is 10.8. The number of hydrogen-bond donors (Lipinski definition) is 4. The van der Waals surface area contributed by atoms with Crippen LogP contribution in [0.15, 0.2) is 65.5 Å². The first-order chi connectivity index (χ1) is 12.6. The first-order valence-corrected chi connectivity index (χ1v) is 8.33. The van der Waals surface area contributed by atoms with Gasteiger partial charge < -0.3 is 15.3 Å². The molecular formula is C19H14N4O2S. The maximum atomic E-state index is 12.6. The van der Waals surface area contributed by atoms with Gasteiger partial charge in [0.05, 0.1) is 11.0 Å². The van der Waals surface area contributed by atoms with E-state index in [0.29, 0.717) is 22.3 Å². The minimum Gasteiger partial charge on any atom is -0.332 e. The second-order valence-corrected chi connectivity index (χ2v) is 6.18. The number of imidazole rings is 1. The van der Waals surface area contributed by atoms with Crippen molar-refractivity contribution in [3.05, 3.63) is 76.7 Å². The SMILES string of the molecule is O=C(NC(=S)Nc1ccc2[nH]c(=O)[nH]c2c1)c1cccc2ccccc12. The van der Waals surface area contributed by atoms with Crippen LogP contribution < -0.4 is 16.3 Å². The van der Waals surface area contributed by atoms with Crippen molar-refractivity contribution in [2.75, 3.05) is 5.32 Å². The number of amides is 1. The molecule has 0 bridgehead atoms. The quantitative estimate of drug-likeness (QED) is 0.413. The van der Waals surface area contributed by atoms with Gasteiger partial charge in [0, 0.05) is 11.3 Å². The summed E-state index contributed by atoms with van der Waals surface area (Å²) in [5.41, 5.74) is 2.30. The highest BCUT2D eigenvalue weighted by molar-refractivity contribution is 7.80. The van der Waals surface area contributed by atoms with Gasteiger partial charge in [-0.2, -0.15) is 0 Å². The van der Waals surface area contributed by atoms with Gasteiger partial charge in [-0.3, -0.25) is 10.1 Å². The molecule has 0 fully saturated rings. The number of thiocarbonyl (C=S) groups is 1. The molecule has 4 rings (SSSR count). The average molecular weight is 362 g/mol. The molecule has 7 heteroatoms. The Morgan fingerprint density at radius 3 is 2.58 bits per heavy atom. The van der Waals surface area contributed by atoms with E-state index in [1.807, 2.05) is 36.4 Å². The van der Waals surface area contributed by atoms with Crippen LogP contribution in [0.4, 0.5) is 5.69 Å². The molecule has 1 amide bonds. The molecule has 0 aliphatic carbocycles. The predicted molar refractivity (Wildman–Crippen MR) is 107 cm³/mol. The van der Waals surface area contributed by atoms with Gasteiger partial charge in [0.2, 0.25) is 0 Å². The topological polar surface area (TPSA) is 89.8 Å².